The van der Waals surface area contributed by atoms with Gasteiger partial charge in [0.15, 0.2) is 0 Å². The molecule has 5 nitrogen and oxygen atoms in total. The molecule has 200 valence electrons. The number of hydrogen-bond acceptors (Lipinski definition) is 4. The lowest BCUT2D eigenvalue weighted by Gasteiger charge is -2.21. The number of carbonyl (C=O) groups excluding carboxylic acids is 1. The summed E-state index contributed by atoms with van der Waals surface area (Å²) in [6.45, 7) is 5.81. The fourth-order valence-corrected chi connectivity index (χ4v) is 3.85. The van der Waals surface area contributed by atoms with Crippen LogP contribution in [0.1, 0.15) is 59.2 Å². The molecule has 0 atom stereocenters. The summed E-state index contributed by atoms with van der Waals surface area (Å²) < 4.78 is 25.6. The van der Waals surface area contributed by atoms with Crippen molar-refractivity contribution in [2.75, 3.05) is 0 Å². The number of aromatic nitrogens is 2. The molecule has 2 aromatic carbocycles. The van der Waals surface area contributed by atoms with Crippen LogP contribution in [0.5, 0.6) is 0 Å². The molecule has 0 aliphatic heterocycles. The molecule has 0 fully saturated rings. The van der Waals surface area contributed by atoms with E-state index in [2.05, 4.69) is 21.4 Å². The zero-order valence-corrected chi connectivity index (χ0v) is 22.4. The largest absolute Gasteiger partial charge is 0.346 e. The monoisotopic (exact) mass is 526 g/mol. The highest BCUT2D eigenvalue weighted by atomic mass is 19.1. The molecular formula is C32H32F2N4O. The van der Waals surface area contributed by atoms with Gasteiger partial charge in [0.25, 0.3) is 5.91 Å². The molecule has 1 N–H and O–H groups in total. The summed E-state index contributed by atoms with van der Waals surface area (Å²) in [5.41, 5.74) is 4.54. The number of rotatable bonds is 7. The first kappa shape index (κ1) is 29.1. The summed E-state index contributed by atoms with van der Waals surface area (Å²) in [6, 6.07) is 22.4. The van der Waals surface area contributed by atoms with Gasteiger partial charge in [-0.1, -0.05) is 36.4 Å². The van der Waals surface area contributed by atoms with E-state index >= 15 is 0 Å². The van der Waals surface area contributed by atoms with Crippen LogP contribution in [-0.2, 0) is 25.7 Å². The standard InChI is InChI=1S/C18H21FN2O.C14H11FN2/c1-18(2,3)21-17(22)16-14(5-4-12-20-16)9-6-13-7-10-15(19)11-8-13;15-13-7-4-11(5-8-13)3-6-12-2-1-9-17-14(12)10-16/h4-5,7-8,10-12H,6,9H2,1-3H3,(H,21,22);1-2,4-5,7-9H,3,6H2. The number of hydrogen-bond donors (Lipinski definition) is 1. The summed E-state index contributed by atoms with van der Waals surface area (Å²) in [5.74, 6) is -0.634. The van der Waals surface area contributed by atoms with E-state index in [9.17, 15) is 13.6 Å². The van der Waals surface area contributed by atoms with Gasteiger partial charge in [-0.05, 0) is 105 Å². The number of amides is 1. The van der Waals surface area contributed by atoms with Crippen LogP contribution in [0.4, 0.5) is 8.78 Å². The third-order valence-corrected chi connectivity index (χ3v) is 5.78. The Morgan fingerprint density at radius 2 is 1.26 bits per heavy atom. The molecular weight excluding hydrogens is 494 g/mol. The number of nitrogens with zero attached hydrogens (tertiary/aromatic N) is 3. The van der Waals surface area contributed by atoms with Crippen molar-refractivity contribution < 1.29 is 13.6 Å². The second-order valence-corrected chi connectivity index (χ2v) is 10.1. The number of nitriles is 1. The van der Waals surface area contributed by atoms with Crippen molar-refractivity contribution in [3.8, 4) is 6.07 Å². The Labute approximate surface area is 228 Å². The Kier molecular flexibility index (Phi) is 10.4. The fourth-order valence-electron chi connectivity index (χ4n) is 3.85. The van der Waals surface area contributed by atoms with Crippen LogP contribution >= 0.6 is 0 Å². The molecule has 2 heterocycles. The van der Waals surface area contributed by atoms with E-state index in [0.29, 0.717) is 17.8 Å². The van der Waals surface area contributed by atoms with Crippen LogP contribution < -0.4 is 5.32 Å². The number of carbonyl (C=O) groups is 1. The van der Waals surface area contributed by atoms with Gasteiger partial charge in [0.05, 0.1) is 0 Å². The minimum absolute atomic E-state index is 0.165. The third-order valence-electron chi connectivity index (χ3n) is 5.78. The molecule has 0 bridgehead atoms. The molecule has 0 saturated heterocycles. The number of benzene rings is 2. The third kappa shape index (κ3) is 9.75. The molecule has 0 saturated carbocycles. The second kappa shape index (κ2) is 13.9. The lowest BCUT2D eigenvalue weighted by molar-refractivity contribution is 0.0913. The predicted octanol–water partition coefficient (Wildman–Crippen LogP) is 6.41. The van der Waals surface area contributed by atoms with Crippen LogP contribution in [0.15, 0.2) is 85.2 Å². The van der Waals surface area contributed by atoms with Gasteiger partial charge in [0.2, 0.25) is 0 Å². The minimum Gasteiger partial charge on any atom is -0.346 e. The van der Waals surface area contributed by atoms with Crippen LogP contribution in [-0.4, -0.2) is 21.4 Å². The van der Waals surface area contributed by atoms with Crippen molar-refractivity contribution in [2.45, 2.75) is 52.0 Å². The van der Waals surface area contributed by atoms with Crippen molar-refractivity contribution in [3.63, 3.8) is 0 Å². The van der Waals surface area contributed by atoms with Gasteiger partial charge in [-0.3, -0.25) is 9.78 Å². The summed E-state index contributed by atoms with van der Waals surface area (Å²) in [7, 11) is 0. The highest BCUT2D eigenvalue weighted by molar-refractivity contribution is 5.94. The van der Waals surface area contributed by atoms with E-state index in [1.165, 1.54) is 24.3 Å². The molecule has 0 radical (unpaired) electrons. The fraction of sp³-hybridized carbons (Fsp3) is 0.250. The summed E-state index contributed by atoms with van der Waals surface area (Å²) >= 11 is 0. The van der Waals surface area contributed by atoms with E-state index in [1.807, 2.05) is 45.0 Å². The maximum Gasteiger partial charge on any atom is 0.270 e. The zero-order chi connectivity index (χ0) is 28.3. The first-order valence-corrected chi connectivity index (χ1v) is 12.7. The van der Waals surface area contributed by atoms with Gasteiger partial charge in [0, 0.05) is 17.9 Å². The first-order chi connectivity index (χ1) is 18.6. The lowest BCUT2D eigenvalue weighted by atomic mass is 10.0. The molecule has 0 aliphatic carbocycles. The Balaban J connectivity index is 0.000000223. The quantitative estimate of drug-likeness (QED) is 0.302. The summed E-state index contributed by atoms with van der Waals surface area (Å²) in [4.78, 5) is 20.5. The minimum atomic E-state index is -0.303. The second-order valence-electron chi connectivity index (χ2n) is 10.1. The normalized spacial score (nSPS) is 10.7. The van der Waals surface area contributed by atoms with Crippen molar-refractivity contribution in [3.05, 3.63) is 130 Å². The zero-order valence-electron chi connectivity index (χ0n) is 22.4. The molecule has 0 unspecified atom stereocenters. The molecule has 7 heteroatoms. The van der Waals surface area contributed by atoms with Crippen molar-refractivity contribution >= 4 is 5.91 Å². The number of aryl methyl sites for hydroxylation is 4. The van der Waals surface area contributed by atoms with E-state index in [4.69, 9.17) is 5.26 Å². The smallest absolute Gasteiger partial charge is 0.270 e. The predicted molar refractivity (Wildman–Crippen MR) is 148 cm³/mol. The summed E-state index contributed by atoms with van der Waals surface area (Å²) in [6.07, 6.45) is 6.18. The topological polar surface area (TPSA) is 78.7 Å². The van der Waals surface area contributed by atoms with Gasteiger partial charge in [-0.2, -0.15) is 5.26 Å². The van der Waals surface area contributed by atoms with E-state index in [-0.39, 0.29) is 23.1 Å². The van der Waals surface area contributed by atoms with E-state index in [1.54, 1.807) is 36.7 Å². The van der Waals surface area contributed by atoms with Crippen LogP contribution in [0, 0.1) is 23.0 Å². The number of pyridine rings is 2. The number of halogens is 2. The molecule has 0 aliphatic rings. The average molecular weight is 527 g/mol. The van der Waals surface area contributed by atoms with Gasteiger partial charge < -0.3 is 5.32 Å². The van der Waals surface area contributed by atoms with E-state index < -0.39 is 0 Å². The molecule has 2 aromatic heterocycles. The average Bonchev–Trinajstić information content (AvgIpc) is 2.92. The van der Waals surface area contributed by atoms with Gasteiger partial charge in [-0.25, -0.2) is 13.8 Å². The molecule has 0 spiro atoms. The highest BCUT2D eigenvalue weighted by Gasteiger charge is 2.18. The maximum atomic E-state index is 12.9. The molecule has 39 heavy (non-hydrogen) atoms. The van der Waals surface area contributed by atoms with Gasteiger partial charge >= 0.3 is 0 Å². The SMILES string of the molecule is CC(C)(C)NC(=O)c1ncccc1CCc1ccc(F)cc1.N#Cc1ncccc1CCc1ccc(F)cc1. The molecule has 1 amide bonds. The van der Waals surface area contributed by atoms with Crippen LogP contribution in [0.3, 0.4) is 0 Å². The lowest BCUT2D eigenvalue weighted by Crippen LogP contribution is -2.41. The molecule has 4 aromatic rings. The Morgan fingerprint density at radius 1 is 0.769 bits per heavy atom. The van der Waals surface area contributed by atoms with Crippen molar-refractivity contribution in [2.24, 2.45) is 0 Å². The Morgan fingerprint density at radius 3 is 1.77 bits per heavy atom. The van der Waals surface area contributed by atoms with Gasteiger partial charge in [-0.15, -0.1) is 0 Å². The Hall–Kier alpha value is -4.44. The summed E-state index contributed by atoms with van der Waals surface area (Å²) in [5, 5.41) is 11.8. The van der Waals surface area contributed by atoms with Gasteiger partial charge in [0.1, 0.15) is 29.1 Å². The van der Waals surface area contributed by atoms with Crippen molar-refractivity contribution in [1.82, 2.24) is 15.3 Å². The van der Waals surface area contributed by atoms with Crippen LogP contribution in [0.2, 0.25) is 0 Å². The molecule has 4 rings (SSSR count). The highest BCUT2D eigenvalue weighted by Crippen LogP contribution is 2.13. The maximum absolute atomic E-state index is 12.9. The van der Waals surface area contributed by atoms with E-state index in [0.717, 1.165) is 41.5 Å². The Bertz CT molecular complexity index is 1410. The van der Waals surface area contributed by atoms with Crippen molar-refractivity contribution in [1.29, 1.82) is 5.26 Å². The number of nitrogens with one attached hydrogen (secondary N) is 1. The van der Waals surface area contributed by atoms with Crippen LogP contribution in [0.25, 0.3) is 0 Å². The first-order valence-electron chi connectivity index (χ1n) is 12.7.